The molecule has 7 heteroatoms. The fourth-order valence-corrected chi connectivity index (χ4v) is 2.62. The van der Waals surface area contributed by atoms with Crippen LogP contribution in [0, 0.1) is 11.3 Å². The third kappa shape index (κ3) is 4.54. The molecule has 1 atom stereocenters. The van der Waals surface area contributed by atoms with Gasteiger partial charge in [-0.2, -0.15) is 0 Å². The zero-order valence-electron chi connectivity index (χ0n) is 14.1. The van der Waals surface area contributed by atoms with Crippen molar-refractivity contribution in [2.24, 2.45) is 11.3 Å². The van der Waals surface area contributed by atoms with Gasteiger partial charge in [0.1, 0.15) is 5.69 Å². The lowest BCUT2D eigenvalue weighted by Gasteiger charge is -2.31. The fourth-order valence-electron chi connectivity index (χ4n) is 2.62. The Morgan fingerprint density at radius 1 is 1.48 bits per heavy atom. The Bertz CT molecular complexity index is 562. The topological polar surface area (TPSA) is 98.3 Å². The molecule has 2 heterocycles. The lowest BCUT2D eigenvalue weighted by atomic mass is 9.97. The molecule has 0 unspecified atom stereocenters. The van der Waals surface area contributed by atoms with Crippen molar-refractivity contribution in [1.82, 2.24) is 20.2 Å². The standard InChI is InChI=1S/C16H26N4O3/c1-16(2,3)9-17-14(22)12-13(19-10-18-12)15(23)20-6-4-5-11(7-20)8-21/h10-11,21H,4-9H2,1-3H3,(H,17,22)(H,18,19)/t11-/m1/s1. The highest BCUT2D eigenvalue weighted by atomic mass is 16.3. The molecule has 2 amide bonds. The first kappa shape index (κ1) is 17.5. The van der Waals surface area contributed by atoms with Crippen LogP contribution < -0.4 is 5.32 Å². The van der Waals surface area contributed by atoms with Crippen LogP contribution in [0.5, 0.6) is 0 Å². The number of rotatable bonds is 4. The summed E-state index contributed by atoms with van der Waals surface area (Å²) in [7, 11) is 0. The number of likely N-dealkylation sites (tertiary alicyclic amines) is 1. The van der Waals surface area contributed by atoms with Crippen LogP contribution in [0.1, 0.15) is 54.6 Å². The Morgan fingerprint density at radius 3 is 2.87 bits per heavy atom. The maximum Gasteiger partial charge on any atom is 0.272 e. The first-order chi connectivity index (χ1) is 10.8. The number of hydrogen-bond donors (Lipinski definition) is 3. The molecule has 2 rings (SSSR count). The number of carbonyl (C=O) groups is 2. The van der Waals surface area contributed by atoms with Crippen LogP contribution >= 0.6 is 0 Å². The SMILES string of the molecule is CC(C)(C)CNC(=O)c1nc[nH]c1C(=O)N1CCC[C@@H](CO)C1. The molecule has 128 valence electrons. The molecule has 0 aromatic carbocycles. The smallest absolute Gasteiger partial charge is 0.272 e. The van der Waals surface area contributed by atoms with E-state index in [0.717, 1.165) is 12.8 Å². The molecule has 0 aliphatic carbocycles. The van der Waals surface area contributed by atoms with Gasteiger partial charge in [-0.05, 0) is 24.2 Å². The summed E-state index contributed by atoms with van der Waals surface area (Å²) in [5, 5.41) is 12.1. The lowest BCUT2D eigenvalue weighted by Crippen LogP contribution is -2.42. The highest BCUT2D eigenvalue weighted by molar-refractivity contribution is 6.04. The van der Waals surface area contributed by atoms with Crippen LogP contribution in [0.25, 0.3) is 0 Å². The minimum Gasteiger partial charge on any atom is -0.396 e. The minimum absolute atomic E-state index is 0.0443. The second-order valence-corrected chi connectivity index (χ2v) is 7.31. The molecule has 23 heavy (non-hydrogen) atoms. The van der Waals surface area contributed by atoms with Gasteiger partial charge in [-0.1, -0.05) is 20.8 Å². The number of nitrogens with one attached hydrogen (secondary N) is 2. The summed E-state index contributed by atoms with van der Waals surface area (Å²) in [6.45, 7) is 7.79. The zero-order valence-corrected chi connectivity index (χ0v) is 14.1. The second kappa shape index (κ2) is 7.12. The molecular formula is C16H26N4O3. The Labute approximate surface area is 136 Å². The number of H-pyrrole nitrogens is 1. The number of aliphatic hydroxyl groups excluding tert-OH is 1. The van der Waals surface area contributed by atoms with Crippen LogP contribution in [0.3, 0.4) is 0 Å². The molecular weight excluding hydrogens is 296 g/mol. The number of aromatic amines is 1. The normalized spacial score (nSPS) is 18.8. The average molecular weight is 322 g/mol. The van der Waals surface area contributed by atoms with E-state index in [0.29, 0.717) is 19.6 Å². The average Bonchev–Trinajstić information content (AvgIpc) is 3.00. The van der Waals surface area contributed by atoms with Crippen molar-refractivity contribution in [3.63, 3.8) is 0 Å². The van der Waals surface area contributed by atoms with Gasteiger partial charge >= 0.3 is 0 Å². The monoisotopic (exact) mass is 322 g/mol. The Kier molecular flexibility index (Phi) is 5.41. The van der Waals surface area contributed by atoms with Crippen molar-refractivity contribution in [2.75, 3.05) is 26.2 Å². The lowest BCUT2D eigenvalue weighted by molar-refractivity contribution is 0.0611. The predicted octanol–water partition coefficient (Wildman–Crippen LogP) is 1.03. The molecule has 3 N–H and O–H groups in total. The molecule has 0 radical (unpaired) electrons. The summed E-state index contributed by atoms with van der Waals surface area (Å²) < 4.78 is 0. The first-order valence-electron chi connectivity index (χ1n) is 8.03. The van der Waals surface area contributed by atoms with Crippen LogP contribution in [-0.4, -0.2) is 58.0 Å². The van der Waals surface area contributed by atoms with Crippen molar-refractivity contribution >= 4 is 11.8 Å². The summed E-state index contributed by atoms with van der Waals surface area (Å²) in [5.41, 5.74) is 0.303. The highest BCUT2D eigenvalue weighted by Gasteiger charge is 2.28. The highest BCUT2D eigenvalue weighted by Crippen LogP contribution is 2.19. The summed E-state index contributed by atoms with van der Waals surface area (Å²) in [6.07, 6.45) is 3.14. The van der Waals surface area contributed by atoms with E-state index in [1.165, 1.54) is 6.33 Å². The van der Waals surface area contributed by atoms with E-state index in [2.05, 4.69) is 15.3 Å². The van der Waals surface area contributed by atoms with E-state index in [1.807, 2.05) is 20.8 Å². The third-order valence-corrected chi connectivity index (χ3v) is 3.91. The van der Waals surface area contributed by atoms with Gasteiger partial charge in [-0.15, -0.1) is 0 Å². The predicted molar refractivity (Wildman–Crippen MR) is 86.1 cm³/mol. The van der Waals surface area contributed by atoms with Gasteiger partial charge in [0, 0.05) is 26.2 Å². The number of amides is 2. The Morgan fingerprint density at radius 2 is 2.22 bits per heavy atom. The van der Waals surface area contributed by atoms with E-state index < -0.39 is 0 Å². The van der Waals surface area contributed by atoms with Crippen molar-refractivity contribution in [1.29, 1.82) is 0 Å². The number of nitrogens with zero attached hydrogens (tertiary/aromatic N) is 2. The molecule has 1 aliphatic rings. The van der Waals surface area contributed by atoms with Gasteiger partial charge in [0.05, 0.1) is 6.33 Å². The molecule has 7 nitrogen and oxygen atoms in total. The molecule has 1 saturated heterocycles. The second-order valence-electron chi connectivity index (χ2n) is 7.31. The molecule has 0 spiro atoms. The van der Waals surface area contributed by atoms with Crippen molar-refractivity contribution < 1.29 is 14.7 Å². The van der Waals surface area contributed by atoms with Crippen LogP contribution in [-0.2, 0) is 0 Å². The largest absolute Gasteiger partial charge is 0.396 e. The summed E-state index contributed by atoms with van der Waals surface area (Å²) in [5.74, 6) is -0.476. The first-order valence-corrected chi connectivity index (χ1v) is 8.03. The number of imidazole rings is 1. The van der Waals surface area contributed by atoms with Gasteiger partial charge in [0.15, 0.2) is 5.69 Å². The number of aliphatic hydroxyl groups is 1. The van der Waals surface area contributed by atoms with Crippen LogP contribution in [0.2, 0.25) is 0 Å². The summed E-state index contributed by atoms with van der Waals surface area (Å²) in [6, 6.07) is 0. The van der Waals surface area contributed by atoms with Crippen LogP contribution in [0.15, 0.2) is 6.33 Å². The van der Waals surface area contributed by atoms with Gasteiger partial charge in [0.2, 0.25) is 0 Å². The minimum atomic E-state index is -0.347. The van der Waals surface area contributed by atoms with Crippen molar-refractivity contribution in [3.05, 3.63) is 17.7 Å². The van der Waals surface area contributed by atoms with E-state index in [9.17, 15) is 14.7 Å². The maximum atomic E-state index is 12.6. The van der Waals surface area contributed by atoms with E-state index >= 15 is 0 Å². The van der Waals surface area contributed by atoms with Gasteiger partial charge < -0.3 is 20.3 Å². The van der Waals surface area contributed by atoms with Gasteiger partial charge in [0.25, 0.3) is 11.8 Å². The maximum absolute atomic E-state index is 12.6. The Hall–Kier alpha value is -1.89. The molecule has 0 bridgehead atoms. The summed E-state index contributed by atoms with van der Waals surface area (Å²) >= 11 is 0. The quantitative estimate of drug-likeness (QED) is 0.771. The summed E-state index contributed by atoms with van der Waals surface area (Å²) in [4.78, 5) is 33.4. The van der Waals surface area contributed by atoms with Crippen molar-refractivity contribution in [3.8, 4) is 0 Å². The zero-order chi connectivity index (χ0) is 17.0. The number of carbonyl (C=O) groups excluding carboxylic acids is 2. The van der Waals surface area contributed by atoms with Gasteiger partial charge in [-0.3, -0.25) is 9.59 Å². The molecule has 1 aromatic heterocycles. The van der Waals surface area contributed by atoms with Crippen LogP contribution in [0.4, 0.5) is 0 Å². The Balaban J connectivity index is 2.07. The van der Waals surface area contributed by atoms with E-state index in [1.54, 1.807) is 4.90 Å². The number of piperidine rings is 1. The number of hydrogen-bond acceptors (Lipinski definition) is 4. The molecule has 1 fully saturated rings. The van der Waals surface area contributed by atoms with Crippen molar-refractivity contribution in [2.45, 2.75) is 33.6 Å². The van der Waals surface area contributed by atoms with E-state index in [-0.39, 0.29) is 41.1 Å². The molecule has 0 saturated carbocycles. The number of aromatic nitrogens is 2. The third-order valence-electron chi connectivity index (χ3n) is 3.91. The van der Waals surface area contributed by atoms with Gasteiger partial charge in [-0.25, -0.2) is 4.98 Å². The molecule has 1 aromatic rings. The fraction of sp³-hybridized carbons (Fsp3) is 0.688. The molecule has 1 aliphatic heterocycles. The van der Waals surface area contributed by atoms with E-state index in [4.69, 9.17) is 0 Å².